The number of nitrogens with two attached hydrogens (primary N) is 1. The van der Waals surface area contributed by atoms with Crippen LogP contribution in [0.3, 0.4) is 0 Å². The molecule has 2 aromatic rings. The van der Waals surface area contributed by atoms with Crippen molar-refractivity contribution < 1.29 is 0 Å². The number of hydrogen-bond acceptors (Lipinski definition) is 2. The van der Waals surface area contributed by atoms with Gasteiger partial charge >= 0.3 is 0 Å². The molecule has 0 amide bonds. The molecule has 3 heteroatoms. The number of hydrogen-bond donors (Lipinski definition) is 1. The van der Waals surface area contributed by atoms with Gasteiger partial charge in [0, 0.05) is 28.1 Å². The van der Waals surface area contributed by atoms with Crippen molar-refractivity contribution in [2.45, 2.75) is 25.0 Å². The number of benzene rings is 2. The van der Waals surface area contributed by atoms with E-state index >= 15 is 0 Å². The zero-order valence-electron chi connectivity index (χ0n) is 13.9. The van der Waals surface area contributed by atoms with E-state index in [0.717, 1.165) is 34.2 Å². The highest BCUT2D eigenvalue weighted by molar-refractivity contribution is 7.98. The molecule has 24 heavy (non-hydrogen) atoms. The predicted molar refractivity (Wildman–Crippen MR) is 107 cm³/mol. The molecule has 0 saturated heterocycles. The maximum Gasteiger partial charge on any atom is 0.0409 e. The topological polar surface area (TPSA) is 26.0 Å². The van der Waals surface area contributed by atoms with Crippen molar-refractivity contribution in [3.63, 3.8) is 0 Å². The van der Waals surface area contributed by atoms with Crippen LogP contribution in [0.2, 0.25) is 5.02 Å². The van der Waals surface area contributed by atoms with Crippen molar-refractivity contribution in [2.24, 2.45) is 5.73 Å². The van der Waals surface area contributed by atoms with Crippen molar-refractivity contribution in [3.8, 4) is 0 Å². The zero-order valence-corrected chi connectivity index (χ0v) is 15.5. The van der Waals surface area contributed by atoms with E-state index in [0.29, 0.717) is 0 Å². The van der Waals surface area contributed by atoms with E-state index in [1.807, 2.05) is 23.9 Å². The molecule has 0 aliphatic heterocycles. The summed E-state index contributed by atoms with van der Waals surface area (Å²) in [4.78, 5) is 0. The van der Waals surface area contributed by atoms with Crippen molar-refractivity contribution in [1.82, 2.24) is 0 Å². The van der Waals surface area contributed by atoms with Gasteiger partial charge in [0.05, 0.1) is 0 Å². The molecule has 1 atom stereocenters. The molecule has 0 bridgehead atoms. The summed E-state index contributed by atoms with van der Waals surface area (Å²) in [5.41, 5.74) is 13.5. The quantitative estimate of drug-likeness (QED) is 0.729. The molecule has 1 nitrogen and oxygen atoms in total. The highest BCUT2D eigenvalue weighted by Gasteiger charge is 2.28. The molecular formula is C21H22ClNS. The first-order valence-electron chi connectivity index (χ1n) is 8.10. The van der Waals surface area contributed by atoms with Crippen molar-refractivity contribution in [2.75, 3.05) is 5.75 Å². The Morgan fingerprint density at radius 3 is 2.67 bits per heavy atom. The second-order valence-electron chi connectivity index (χ2n) is 6.27. The second kappa shape index (κ2) is 7.50. The minimum absolute atomic E-state index is 0.260. The average molecular weight is 356 g/mol. The van der Waals surface area contributed by atoms with E-state index < -0.39 is 0 Å². The summed E-state index contributed by atoms with van der Waals surface area (Å²) >= 11 is 8.08. The van der Waals surface area contributed by atoms with Gasteiger partial charge in [0.2, 0.25) is 0 Å². The smallest absolute Gasteiger partial charge is 0.0409 e. The van der Waals surface area contributed by atoms with Crippen LogP contribution in [0.15, 0.2) is 72.0 Å². The predicted octanol–water partition coefficient (Wildman–Crippen LogP) is 5.84. The highest BCUT2D eigenvalue weighted by Crippen LogP contribution is 2.43. The summed E-state index contributed by atoms with van der Waals surface area (Å²) in [5.74, 6) is 2.16. The van der Waals surface area contributed by atoms with E-state index in [4.69, 9.17) is 17.3 Å². The molecule has 124 valence electrons. The van der Waals surface area contributed by atoms with Gasteiger partial charge in [-0.1, -0.05) is 54.6 Å². The van der Waals surface area contributed by atoms with E-state index in [1.165, 1.54) is 22.3 Å². The van der Waals surface area contributed by atoms with Gasteiger partial charge in [-0.25, -0.2) is 0 Å². The zero-order chi connectivity index (χ0) is 17.1. The Morgan fingerprint density at radius 1 is 1.17 bits per heavy atom. The third-order valence-electron chi connectivity index (χ3n) is 4.59. The standard InChI is InChI=1S/C21H22ClNS/c1-14-8-9-17(22)10-18(14)19-11-21(23)20(15(19)2)13-24-12-16-6-4-3-5-7-16/h3-10,19H,2,11-13,23H2,1H3. The third-order valence-corrected chi connectivity index (χ3v) is 5.86. The van der Waals surface area contributed by atoms with Gasteiger partial charge in [0.25, 0.3) is 0 Å². The maximum atomic E-state index is 6.34. The Kier molecular flexibility index (Phi) is 5.37. The fourth-order valence-corrected chi connectivity index (χ4v) is 4.48. The van der Waals surface area contributed by atoms with E-state index in [1.54, 1.807) is 0 Å². The minimum atomic E-state index is 0.260. The fraction of sp³-hybridized carbons (Fsp3) is 0.238. The molecule has 0 aromatic heterocycles. The molecule has 0 spiro atoms. The minimum Gasteiger partial charge on any atom is -0.402 e. The van der Waals surface area contributed by atoms with Crippen LogP contribution in [0.4, 0.5) is 0 Å². The molecular weight excluding hydrogens is 334 g/mol. The third kappa shape index (κ3) is 3.71. The summed E-state index contributed by atoms with van der Waals surface area (Å²) in [6, 6.07) is 16.6. The largest absolute Gasteiger partial charge is 0.402 e. The van der Waals surface area contributed by atoms with Crippen LogP contribution in [-0.4, -0.2) is 5.75 Å². The summed E-state index contributed by atoms with van der Waals surface area (Å²) in [6.45, 7) is 6.47. The van der Waals surface area contributed by atoms with E-state index in [-0.39, 0.29) is 5.92 Å². The van der Waals surface area contributed by atoms with Gasteiger partial charge in [-0.05, 0) is 53.3 Å². The average Bonchev–Trinajstić information content (AvgIpc) is 2.86. The SMILES string of the molecule is C=C1C(CSCc2ccccc2)=C(N)CC1c1cc(Cl)ccc1C. The lowest BCUT2D eigenvalue weighted by atomic mass is 9.89. The lowest BCUT2D eigenvalue weighted by molar-refractivity contribution is 0.826. The van der Waals surface area contributed by atoms with Crippen molar-refractivity contribution in [1.29, 1.82) is 0 Å². The molecule has 0 heterocycles. The van der Waals surface area contributed by atoms with Gasteiger partial charge in [-0.2, -0.15) is 11.8 Å². The summed E-state index contributed by atoms with van der Waals surface area (Å²) in [5, 5.41) is 0.772. The fourth-order valence-electron chi connectivity index (χ4n) is 3.20. The van der Waals surface area contributed by atoms with E-state index in [9.17, 15) is 0 Å². The highest BCUT2D eigenvalue weighted by atomic mass is 35.5. The lowest BCUT2D eigenvalue weighted by Crippen LogP contribution is -2.01. The molecule has 0 fully saturated rings. The number of rotatable bonds is 5. The van der Waals surface area contributed by atoms with Gasteiger partial charge < -0.3 is 5.73 Å². The Bertz CT molecular complexity index is 780. The molecule has 0 saturated carbocycles. The van der Waals surface area contributed by atoms with Crippen molar-refractivity contribution in [3.05, 3.63) is 93.7 Å². The number of allylic oxidation sites excluding steroid dienone is 2. The molecule has 1 aliphatic carbocycles. The van der Waals surface area contributed by atoms with Crippen LogP contribution >= 0.6 is 23.4 Å². The van der Waals surface area contributed by atoms with Crippen molar-refractivity contribution >= 4 is 23.4 Å². The lowest BCUT2D eigenvalue weighted by Gasteiger charge is -2.17. The van der Waals surface area contributed by atoms with Crippen LogP contribution < -0.4 is 5.73 Å². The Hall–Kier alpha value is -1.64. The Labute approximate surface area is 153 Å². The van der Waals surface area contributed by atoms with Crippen LogP contribution in [0, 0.1) is 6.92 Å². The van der Waals surface area contributed by atoms with Gasteiger partial charge in [-0.3, -0.25) is 0 Å². The summed E-state index contributed by atoms with van der Waals surface area (Å²) in [7, 11) is 0. The first kappa shape index (κ1) is 17.2. The van der Waals surface area contributed by atoms with Gasteiger partial charge in [0.1, 0.15) is 0 Å². The molecule has 2 aromatic carbocycles. The Morgan fingerprint density at radius 2 is 1.92 bits per heavy atom. The first-order valence-corrected chi connectivity index (χ1v) is 9.64. The number of halogens is 1. The molecule has 1 aliphatic rings. The van der Waals surface area contributed by atoms with Gasteiger partial charge in [-0.15, -0.1) is 0 Å². The number of thioether (sulfide) groups is 1. The van der Waals surface area contributed by atoms with E-state index in [2.05, 4.69) is 49.9 Å². The van der Waals surface area contributed by atoms with Crippen LogP contribution in [0.1, 0.15) is 29.0 Å². The summed E-state index contributed by atoms with van der Waals surface area (Å²) < 4.78 is 0. The molecule has 0 radical (unpaired) electrons. The summed E-state index contributed by atoms with van der Waals surface area (Å²) in [6.07, 6.45) is 0.848. The molecule has 2 N–H and O–H groups in total. The van der Waals surface area contributed by atoms with Crippen LogP contribution in [-0.2, 0) is 5.75 Å². The normalized spacial score (nSPS) is 17.6. The number of aryl methyl sites for hydroxylation is 1. The molecule has 3 rings (SSSR count). The molecule has 1 unspecified atom stereocenters. The monoisotopic (exact) mass is 355 g/mol. The van der Waals surface area contributed by atoms with Crippen LogP contribution in [0.5, 0.6) is 0 Å². The van der Waals surface area contributed by atoms with Crippen LogP contribution in [0.25, 0.3) is 0 Å². The maximum absolute atomic E-state index is 6.34. The van der Waals surface area contributed by atoms with Gasteiger partial charge in [0.15, 0.2) is 0 Å². The first-order chi connectivity index (χ1) is 11.6. The second-order valence-corrected chi connectivity index (χ2v) is 7.69. The Balaban J connectivity index is 1.68.